The van der Waals surface area contributed by atoms with Gasteiger partial charge in [-0.05, 0) is 46.3 Å². The average molecular weight is 434 g/mol. The van der Waals surface area contributed by atoms with Gasteiger partial charge in [-0.2, -0.15) is 0 Å². The van der Waals surface area contributed by atoms with Crippen molar-refractivity contribution in [3.8, 4) is 23.0 Å². The first-order valence-corrected chi connectivity index (χ1v) is 10.1. The molecule has 7 nitrogen and oxygen atoms in total. The molecule has 31 heavy (non-hydrogen) atoms. The molecule has 4 rings (SSSR count). The minimum absolute atomic E-state index is 0.0646. The van der Waals surface area contributed by atoms with Gasteiger partial charge >= 0.3 is 5.97 Å². The average Bonchev–Trinajstić information content (AvgIpc) is 3.27. The number of benzene rings is 3. The highest BCUT2D eigenvalue weighted by molar-refractivity contribution is 8.03. The number of nitrogens with zero attached hydrogens (tertiary/aromatic N) is 2. The van der Waals surface area contributed by atoms with Crippen molar-refractivity contribution in [3.05, 3.63) is 71.1 Å². The number of rotatable bonds is 7. The van der Waals surface area contributed by atoms with Gasteiger partial charge in [0.2, 0.25) is 5.89 Å². The van der Waals surface area contributed by atoms with E-state index < -0.39 is 5.97 Å². The number of ether oxygens (including phenoxy) is 2. The van der Waals surface area contributed by atoms with Crippen LogP contribution >= 0.6 is 11.8 Å². The number of carboxylic acids is 1. The second-order valence-corrected chi connectivity index (χ2v) is 7.45. The lowest BCUT2D eigenvalue weighted by Crippen LogP contribution is -1.97. The van der Waals surface area contributed by atoms with E-state index in [0.717, 1.165) is 28.1 Å². The van der Waals surface area contributed by atoms with E-state index in [0.29, 0.717) is 17.1 Å². The number of aliphatic carboxylic acids is 1. The smallest absolute Gasteiger partial charge is 0.342 e. The molecule has 0 fully saturated rings. The van der Waals surface area contributed by atoms with Gasteiger partial charge in [0, 0.05) is 11.6 Å². The Kier molecular flexibility index (Phi) is 5.90. The molecule has 0 atom stereocenters. The summed E-state index contributed by atoms with van der Waals surface area (Å²) >= 11 is 0.894. The fourth-order valence-corrected chi connectivity index (χ4v) is 3.71. The van der Waals surface area contributed by atoms with Crippen molar-refractivity contribution >= 4 is 34.6 Å². The highest BCUT2D eigenvalue weighted by Crippen LogP contribution is 2.33. The van der Waals surface area contributed by atoms with Crippen LogP contribution in [0.5, 0.6) is 11.5 Å². The summed E-state index contributed by atoms with van der Waals surface area (Å²) in [6.45, 7) is 0. The van der Waals surface area contributed by atoms with Crippen molar-refractivity contribution in [2.75, 3.05) is 14.2 Å². The van der Waals surface area contributed by atoms with Crippen LogP contribution in [0.1, 0.15) is 5.56 Å². The molecule has 156 valence electrons. The zero-order valence-corrected chi connectivity index (χ0v) is 17.6. The van der Waals surface area contributed by atoms with E-state index in [2.05, 4.69) is 10.2 Å². The van der Waals surface area contributed by atoms with Crippen molar-refractivity contribution < 1.29 is 23.8 Å². The third-order valence-corrected chi connectivity index (χ3v) is 5.37. The Morgan fingerprint density at radius 2 is 1.71 bits per heavy atom. The third kappa shape index (κ3) is 4.54. The number of carboxylic acid groups (broad SMARTS) is 1. The quantitative estimate of drug-likeness (QED) is 0.316. The van der Waals surface area contributed by atoms with Gasteiger partial charge in [0.25, 0.3) is 5.22 Å². The molecule has 8 heteroatoms. The van der Waals surface area contributed by atoms with Gasteiger partial charge in [-0.1, -0.05) is 42.5 Å². The van der Waals surface area contributed by atoms with E-state index >= 15 is 0 Å². The van der Waals surface area contributed by atoms with Gasteiger partial charge in [-0.15, -0.1) is 10.2 Å². The molecule has 3 aromatic carbocycles. The Bertz CT molecular complexity index is 1250. The van der Waals surface area contributed by atoms with Crippen LogP contribution in [0.3, 0.4) is 0 Å². The first-order valence-electron chi connectivity index (χ1n) is 9.25. The monoisotopic (exact) mass is 434 g/mol. The first-order chi connectivity index (χ1) is 15.1. The molecule has 0 aliphatic rings. The molecule has 0 aliphatic heterocycles. The predicted molar refractivity (Wildman–Crippen MR) is 118 cm³/mol. The van der Waals surface area contributed by atoms with Crippen molar-refractivity contribution in [3.63, 3.8) is 0 Å². The van der Waals surface area contributed by atoms with Crippen LogP contribution in [-0.2, 0) is 4.79 Å². The van der Waals surface area contributed by atoms with Crippen molar-refractivity contribution in [1.82, 2.24) is 10.2 Å². The maximum atomic E-state index is 11.9. The molecule has 0 saturated heterocycles. The third-order valence-electron chi connectivity index (χ3n) is 4.52. The molecule has 0 bridgehead atoms. The zero-order valence-electron chi connectivity index (χ0n) is 16.7. The second kappa shape index (κ2) is 8.93. The molecule has 0 saturated carbocycles. The Balaban J connectivity index is 1.66. The highest BCUT2D eigenvalue weighted by Gasteiger charge is 2.17. The van der Waals surface area contributed by atoms with Crippen LogP contribution in [0, 0.1) is 0 Å². The molecular formula is C23H18N2O5S. The molecule has 0 amide bonds. The molecule has 0 unspecified atom stereocenters. The normalized spacial score (nSPS) is 11.5. The van der Waals surface area contributed by atoms with Crippen molar-refractivity contribution in [1.29, 1.82) is 0 Å². The molecule has 0 spiro atoms. The Morgan fingerprint density at radius 3 is 2.42 bits per heavy atom. The maximum Gasteiger partial charge on any atom is 0.342 e. The first kappa shape index (κ1) is 20.5. The molecule has 0 radical (unpaired) electrons. The SMILES string of the molecule is COc1cc(OC)cc(-c2nnc(S/C(=C\c3cccc4ccccc34)C(=O)O)o2)c1. The largest absolute Gasteiger partial charge is 0.497 e. The van der Waals surface area contributed by atoms with Gasteiger partial charge in [0.15, 0.2) is 0 Å². The topological polar surface area (TPSA) is 94.7 Å². The van der Waals surface area contributed by atoms with Gasteiger partial charge < -0.3 is 19.0 Å². The summed E-state index contributed by atoms with van der Waals surface area (Å²) < 4.78 is 16.2. The fraction of sp³-hybridized carbons (Fsp3) is 0.0870. The van der Waals surface area contributed by atoms with Gasteiger partial charge in [-0.3, -0.25) is 0 Å². The van der Waals surface area contributed by atoms with Crippen LogP contribution in [0.4, 0.5) is 0 Å². The van der Waals surface area contributed by atoms with Crippen LogP contribution in [-0.4, -0.2) is 35.5 Å². The number of thioether (sulfide) groups is 1. The minimum atomic E-state index is -1.08. The molecule has 1 N–H and O–H groups in total. The molecule has 4 aromatic rings. The molecule has 1 aromatic heterocycles. The predicted octanol–water partition coefficient (Wildman–Crippen LogP) is 5.12. The number of aromatic nitrogens is 2. The van der Waals surface area contributed by atoms with Crippen molar-refractivity contribution in [2.45, 2.75) is 5.22 Å². The van der Waals surface area contributed by atoms with E-state index in [9.17, 15) is 9.90 Å². The number of hydrogen-bond donors (Lipinski definition) is 1. The van der Waals surface area contributed by atoms with E-state index in [1.807, 2.05) is 42.5 Å². The summed E-state index contributed by atoms with van der Waals surface area (Å²) in [6.07, 6.45) is 1.60. The number of fused-ring (bicyclic) bond motifs is 1. The van der Waals surface area contributed by atoms with Crippen LogP contribution in [0.25, 0.3) is 28.3 Å². The summed E-state index contributed by atoms with van der Waals surface area (Å²) in [6, 6.07) is 18.7. The van der Waals surface area contributed by atoms with Crippen LogP contribution in [0.15, 0.2) is 75.2 Å². The summed E-state index contributed by atoms with van der Waals surface area (Å²) in [5.41, 5.74) is 1.39. The lowest BCUT2D eigenvalue weighted by molar-refractivity contribution is -0.131. The maximum absolute atomic E-state index is 11.9. The Morgan fingerprint density at radius 1 is 1.00 bits per heavy atom. The Labute approximate surface area is 182 Å². The lowest BCUT2D eigenvalue weighted by Gasteiger charge is -2.05. The highest BCUT2D eigenvalue weighted by atomic mass is 32.2. The zero-order chi connectivity index (χ0) is 21.8. The number of hydrogen-bond acceptors (Lipinski definition) is 7. The summed E-state index contributed by atoms with van der Waals surface area (Å²) in [5.74, 6) is 0.294. The van der Waals surface area contributed by atoms with Crippen LogP contribution in [0.2, 0.25) is 0 Å². The van der Waals surface area contributed by atoms with E-state index in [-0.39, 0.29) is 16.0 Å². The van der Waals surface area contributed by atoms with Gasteiger partial charge in [-0.25, -0.2) is 4.79 Å². The summed E-state index contributed by atoms with van der Waals surface area (Å²) in [5, 5.41) is 19.8. The van der Waals surface area contributed by atoms with Gasteiger partial charge in [0.1, 0.15) is 16.4 Å². The minimum Gasteiger partial charge on any atom is -0.497 e. The second-order valence-electron chi connectivity index (χ2n) is 6.46. The van der Waals surface area contributed by atoms with Crippen LogP contribution < -0.4 is 9.47 Å². The summed E-state index contributed by atoms with van der Waals surface area (Å²) in [7, 11) is 3.09. The number of carbonyl (C=O) groups is 1. The molecular weight excluding hydrogens is 416 g/mol. The fourth-order valence-electron chi connectivity index (χ4n) is 3.05. The lowest BCUT2D eigenvalue weighted by atomic mass is 10.0. The van der Waals surface area contributed by atoms with E-state index in [1.54, 1.807) is 38.5 Å². The van der Waals surface area contributed by atoms with E-state index in [4.69, 9.17) is 13.9 Å². The Hall–Kier alpha value is -3.78. The van der Waals surface area contributed by atoms with Crippen molar-refractivity contribution in [2.24, 2.45) is 0 Å². The molecule has 1 heterocycles. The number of methoxy groups -OCH3 is 2. The standard InChI is InChI=1S/C23H18N2O5S/c1-28-17-10-16(11-18(13-17)29-2)21-24-25-23(30-21)31-20(22(26)27)12-15-8-5-7-14-6-3-4-9-19(14)15/h3-13H,1-2H3,(H,26,27)/b20-12-. The summed E-state index contributed by atoms with van der Waals surface area (Å²) in [4.78, 5) is 11.9. The van der Waals surface area contributed by atoms with E-state index in [1.165, 1.54) is 0 Å². The van der Waals surface area contributed by atoms with Gasteiger partial charge in [0.05, 0.1) is 14.2 Å². The molecule has 0 aliphatic carbocycles.